The van der Waals surface area contributed by atoms with Crippen LogP contribution in [0.1, 0.15) is 23.0 Å². The van der Waals surface area contributed by atoms with Crippen molar-refractivity contribution in [1.29, 1.82) is 0 Å². The summed E-state index contributed by atoms with van der Waals surface area (Å²) in [4.78, 5) is 19.6. The third-order valence-corrected chi connectivity index (χ3v) is 2.44. The summed E-state index contributed by atoms with van der Waals surface area (Å²) in [6.07, 6.45) is 1.51. The van der Waals surface area contributed by atoms with E-state index in [1.807, 2.05) is 0 Å². The molecule has 0 fully saturated rings. The molecule has 2 aromatic heterocycles. The van der Waals surface area contributed by atoms with Crippen molar-refractivity contribution in [2.45, 2.75) is 13.8 Å². The van der Waals surface area contributed by atoms with Gasteiger partial charge in [0.1, 0.15) is 5.69 Å². The Morgan fingerprint density at radius 1 is 1.28 bits per heavy atom. The Bertz CT molecular complexity index is 581. The zero-order chi connectivity index (χ0) is 13.1. The molecule has 0 saturated carbocycles. The van der Waals surface area contributed by atoms with E-state index in [9.17, 15) is 4.79 Å². The van der Waals surface area contributed by atoms with E-state index in [1.54, 1.807) is 19.1 Å². The number of methoxy groups -OCH3 is 1. The standard InChI is InChI=1S/C12H12N4O2/c1-7-9(8(2)17)6-13-12(14-7)10-4-5-11(18-3)16-15-10/h4-6H,1-3H3. The van der Waals surface area contributed by atoms with Gasteiger partial charge in [0.25, 0.3) is 0 Å². The predicted octanol–water partition coefficient (Wildman–Crippen LogP) is 1.45. The zero-order valence-electron chi connectivity index (χ0n) is 10.3. The number of carbonyl (C=O) groups is 1. The van der Waals surface area contributed by atoms with Crippen molar-refractivity contribution in [2.75, 3.05) is 7.11 Å². The summed E-state index contributed by atoms with van der Waals surface area (Å²) in [7, 11) is 1.52. The number of ketones is 1. The molecule has 2 rings (SSSR count). The number of rotatable bonds is 3. The van der Waals surface area contributed by atoms with Gasteiger partial charge in [0, 0.05) is 12.3 Å². The van der Waals surface area contributed by atoms with E-state index in [0.717, 1.165) is 0 Å². The van der Waals surface area contributed by atoms with Crippen LogP contribution in [0.15, 0.2) is 18.3 Å². The largest absolute Gasteiger partial charge is 0.480 e. The quantitative estimate of drug-likeness (QED) is 0.760. The molecule has 0 aliphatic rings. The molecule has 0 aromatic carbocycles. The highest BCUT2D eigenvalue weighted by Crippen LogP contribution is 2.15. The van der Waals surface area contributed by atoms with Gasteiger partial charge in [-0.1, -0.05) is 0 Å². The Morgan fingerprint density at radius 2 is 2.06 bits per heavy atom. The number of hydrogen-bond acceptors (Lipinski definition) is 6. The van der Waals surface area contributed by atoms with E-state index in [0.29, 0.717) is 28.7 Å². The van der Waals surface area contributed by atoms with Crippen molar-refractivity contribution in [3.63, 3.8) is 0 Å². The van der Waals surface area contributed by atoms with E-state index in [2.05, 4.69) is 20.2 Å². The molecule has 0 spiro atoms. The molecule has 6 nitrogen and oxygen atoms in total. The minimum absolute atomic E-state index is 0.0557. The first-order valence-corrected chi connectivity index (χ1v) is 5.34. The summed E-state index contributed by atoms with van der Waals surface area (Å²) in [6.45, 7) is 3.25. The smallest absolute Gasteiger partial charge is 0.233 e. The summed E-state index contributed by atoms with van der Waals surface area (Å²) < 4.78 is 4.92. The lowest BCUT2D eigenvalue weighted by Gasteiger charge is -2.04. The van der Waals surface area contributed by atoms with E-state index in [-0.39, 0.29) is 5.78 Å². The van der Waals surface area contributed by atoms with Gasteiger partial charge in [0.05, 0.1) is 18.4 Å². The van der Waals surface area contributed by atoms with Crippen LogP contribution in [0, 0.1) is 6.92 Å². The molecule has 6 heteroatoms. The summed E-state index contributed by atoms with van der Waals surface area (Å²) in [5.41, 5.74) is 1.68. The first-order chi connectivity index (χ1) is 8.61. The van der Waals surface area contributed by atoms with Crippen molar-refractivity contribution >= 4 is 5.78 Å². The van der Waals surface area contributed by atoms with Crippen LogP contribution in [0.2, 0.25) is 0 Å². The number of aryl methyl sites for hydroxylation is 1. The van der Waals surface area contributed by atoms with Gasteiger partial charge in [-0.2, -0.15) is 0 Å². The van der Waals surface area contributed by atoms with E-state index in [1.165, 1.54) is 20.2 Å². The Balaban J connectivity index is 2.39. The van der Waals surface area contributed by atoms with Crippen LogP contribution in [-0.4, -0.2) is 33.1 Å². The normalized spacial score (nSPS) is 10.2. The number of nitrogens with zero attached hydrogens (tertiary/aromatic N) is 4. The lowest BCUT2D eigenvalue weighted by molar-refractivity contribution is 0.101. The number of ether oxygens (including phenoxy) is 1. The SMILES string of the molecule is COc1ccc(-c2ncc(C(C)=O)c(C)n2)nn1. The Kier molecular flexibility index (Phi) is 3.27. The van der Waals surface area contributed by atoms with E-state index < -0.39 is 0 Å². The van der Waals surface area contributed by atoms with Crippen LogP contribution in [0.3, 0.4) is 0 Å². The summed E-state index contributed by atoms with van der Waals surface area (Å²) >= 11 is 0. The average molecular weight is 244 g/mol. The highest BCUT2D eigenvalue weighted by atomic mass is 16.5. The van der Waals surface area contributed by atoms with Crippen LogP contribution in [-0.2, 0) is 0 Å². The zero-order valence-corrected chi connectivity index (χ0v) is 10.3. The third-order valence-electron chi connectivity index (χ3n) is 2.44. The van der Waals surface area contributed by atoms with Crippen LogP contribution < -0.4 is 4.74 Å². The van der Waals surface area contributed by atoms with Crippen molar-refractivity contribution < 1.29 is 9.53 Å². The van der Waals surface area contributed by atoms with Gasteiger partial charge < -0.3 is 4.74 Å². The molecule has 2 heterocycles. The molecule has 0 bridgehead atoms. The van der Waals surface area contributed by atoms with Crippen LogP contribution in [0.5, 0.6) is 5.88 Å². The second-order valence-electron chi connectivity index (χ2n) is 3.71. The molecule has 0 aliphatic carbocycles. The topological polar surface area (TPSA) is 77.9 Å². The fourth-order valence-electron chi connectivity index (χ4n) is 1.48. The van der Waals surface area contributed by atoms with Gasteiger partial charge in [-0.3, -0.25) is 4.79 Å². The third kappa shape index (κ3) is 2.32. The molecule has 0 unspecified atom stereocenters. The van der Waals surface area contributed by atoms with Crippen LogP contribution >= 0.6 is 0 Å². The van der Waals surface area contributed by atoms with Crippen molar-refractivity contribution in [1.82, 2.24) is 20.2 Å². The van der Waals surface area contributed by atoms with E-state index >= 15 is 0 Å². The first-order valence-electron chi connectivity index (χ1n) is 5.34. The van der Waals surface area contributed by atoms with Crippen molar-refractivity contribution in [3.8, 4) is 17.4 Å². The molecule has 0 N–H and O–H groups in total. The van der Waals surface area contributed by atoms with Gasteiger partial charge >= 0.3 is 0 Å². The molecular weight excluding hydrogens is 232 g/mol. The maximum atomic E-state index is 11.3. The molecule has 2 aromatic rings. The van der Waals surface area contributed by atoms with Crippen LogP contribution in [0.4, 0.5) is 0 Å². The second-order valence-corrected chi connectivity index (χ2v) is 3.71. The van der Waals surface area contributed by atoms with Gasteiger partial charge in [-0.05, 0) is 19.9 Å². The monoisotopic (exact) mass is 244 g/mol. The Hall–Kier alpha value is -2.37. The molecule has 0 saturated heterocycles. The minimum atomic E-state index is -0.0557. The lowest BCUT2D eigenvalue weighted by Crippen LogP contribution is -2.03. The van der Waals surface area contributed by atoms with Crippen LogP contribution in [0.25, 0.3) is 11.5 Å². The summed E-state index contributed by atoms with van der Waals surface area (Å²) in [5.74, 6) is 0.809. The first kappa shape index (κ1) is 12.1. The maximum absolute atomic E-state index is 11.3. The van der Waals surface area contributed by atoms with Crippen molar-refractivity contribution in [2.24, 2.45) is 0 Å². The highest BCUT2D eigenvalue weighted by Gasteiger charge is 2.10. The molecule has 92 valence electrons. The number of Topliss-reactive ketones (excluding diaryl/α,β-unsaturated/α-hetero) is 1. The maximum Gasteiger partial charge on any atom is 0.233 e. The summed E-state index contributed by atoms with van der Waals surface area (Å²) in [6, 6.07) is 3.40. The molecular formula is C12H12N4O2. The minimum Gasteiger partial charge on any atom is -0.480 e. The molecule has 0 aliphatic heterocycles. The van der Waals surface area contributed by atoms with Gasteiger partial charge in [-0.15, -0.1) is 10.2 Å². The second kappa shape index (κ2) is 4.87. The fourth-order valence-corrected chi connectivity index (χ4v) is 1.48. The van der Waals surface area contributed by atoms with Gasteiger partial charge in [0.15, 0.2) is 11.6 Å². The molecule has 0 atom stereocenters. The van der Waals surface area contributed by atoms with Crippen molar-refractivity contribution in [3.05, 3.63) is 29.6 Å². The molecule has 0 amide bonds. The Morgan fingerprint density at radius 3 is 2.56 bits per heavy atom. The molecule has 0 radical (unpaired) electrons. The van der Waals surface area contributed by atoms with Gasteiger partial charge in [-0.25, -0.2) is 9.97 Å². The number of hydrogen-bond donors (Lipinski definition) is 0. The number of aromatic nitrogens is 4. The van der Waals surface area contributed by atoms with Gasteiger partial charge in [0.2, 0.25) is 5.88 Å². The molecule has 18 heavy (non-hydrogen) atoms. The Labute approximate surface area is 104 Å². The average Bonchev–Trinajstić information content (AvgIpc) is 2.38. The predicted molar refractivity (Wildman–Crippen MR) is 64.4 cm³/mol. The highest BCUT2D eigenvalue weighted by molar-refractivity contribution is 5.94. The fraction of sp³-hybridized carbons (Fsp3) is 0.250. The van der Waals surface area contributed by atoms with E-state index in [4.69, 9.17) is 4.74 Å². The summed E-state index contributed by atoms with van der Waals surface area (Å²) in [5, 5.41) is 7.79. The lowest BCUT2D eigenvalue weighted by atomic mass is 10.2. The number of carbonyl (C=O) groups excluding carboxylic acids is 1.